The van der Waals surface area contributed by atoms with Crippen molar-refractivity contribution in [3.05, 3.63) is 65.0 Å². The van der Waals surface area contributed by atoms with Crippen LogP contribution in [0.1, 0.15) is 59.3 Å². The number of ketones is 1. The minimum Gasteiger partial charge on any atom is -0.287 e. The zero-order chi connectivity index (χ0) is 13.9. The van der Waals surface area contributed by atoms with Gasteiger partial charge in [-0.2, -0.15) is 0 Å². The first-order valence-electron chi connectivity index (χ1n) is 7.38. The molecule has 3 rings (SSSR count). The van der Waals surface area contributed by atoms with E-state index in [2.05, 4.69) is 17.1 Å². The third-order valence-corrected chi connectivity index (χ3v) is 4.24. The zero-order valence-corrected chi connectivity index (χ0v) is 11.8. The zero-order valence-electron chi connectivity index (χ0n) is 11.8. The number of carbonyl (C=O) groups is 1. The molecule has 1 fully saturated rings. The summed E-state index contributed by atoms with van der Waals surface area (Å²) < 4.78 is 0. The van der Waals surface area contributed by atoms with Crippen molar-refractivity contribution in [2.45, 2.75) is 38.5 Å². The van der Waals surface area contributed by atoms with Crippen LogP contribution < -0.4 is 0 Å². The number of hydrogen-bond acceptors (Lipinski definition) is 2. The summed E-state index contributed by atoms with van der Waals surface area (Å²) in [5.41, 5.74) is 3.71. The fourth-order valence-electron chi connectivity index (χ4n) is 2.71. The first-order chi connectivity index (χ1) is 9.79. The molecule has 2 heteroatoms. The van der Waals surface area contributed by atoms with E-state index in [1.165, 1.54) is 24.8 Å². The van der Waals surface area contributed by atoms with Crippen LogP contribution in [-0.2, 0) is 6.42 Å². The minimum atomic E-state index is 0.0302. The molecular weight excluding hydrogens is 246 g/mol. The number of nitrogens with zero attached hydrogens (tertiary/aromatic N) is 1. The highest BCUT2D eigenvalue weighted by Crippen LogP contribution is 2.36. The molecule has 102 valence electrons. The maximum absolute atomic E-state index is 12.5. The maximum atomic E-state index is 12.5. The van der Waals surface area contributed by atoms with Crippen molar-refractivity contribution >= 4 is 5.78 Å². The Balaban J connectivity index is 1.86. The number of rotatable bonds is 4. The summed E-state index contributed by atoms with van der Waals surface area (Å²) in [4.78, 5) is 16.8. The number of hydrogen-bond donors (Lipinski definition) is 0. The van der Waals surface area contributed by atoms with Gasteiger partial charge in [0.15, 0.2) is 0 Å². The molecule has 0 spiro atoms. The molecule has 1 aliphatic rings. The molecule has 0 amide bonds. The summed E-state index contributed by atoms with van der Waals surface area (Å²) in [6.45, 7) is 2.05. The lowest BCUT2D eigenvalue weighted by atomic mass is 9.80. The van der Waals surface area contributed by atoms with Crippen LogP contribution in [0, 0.1) is 0 Å². The number of aromatic nitrogens is 1. The van der Waals surface area contributed by atoms with E-state index in [1.54, 1.807) is 6.20 Å². The van der Waals surface area contributed by atoms with Gasteiger partial charge in [-0.05, 0) is 42.4 Å². The van der Waals surface area contributed by atoms with Crippen molar-refractivity contribution in [1.29, 1.82) is 0 Å². The minimum absolute atomic E-state index is 0.0302. The first kappa shape index (κ1) is 13.0. The van der Waals surface area contributed by atoms with Crippen LogP contribution in [0.15, 0.2) is 42.6 Å². The van der Waals surface area contributed by atoms with E-state index in [0.29, 0.717) is 11.6 Å². The highest BCUT2D eigenvalue weighted by atomic mass is 16.1. The van der Waals surface area contributed by atoms with E-state index in [9.17, 15) is 4.79 Å². The topological polar surface area (TPSA) is 30.0 Å². The van der Waals surface area contributed by atoms with E-state index < -0.39 is 0 Å². The van der Waals surface area contributed by atoms with Crippen molar-refractivity contribution in [2.24, 2.45) is 0 Å². The van der Waals surface area contributed by atoms with Crippen LogP contribution >= 0.6 is 0 Å². The van der Waals surface area contributed by atoms with E-state index in [0.717, 1.165) is 17.5 Å². The molecule has 1 aliphatic carbocycles. The molecule has 0 aliphatic heterocycles. The predicted octanol–water partition coefficient (Wildman–Crippen LogP) is 4.14. The van der Waals surface area contributed by atoms with Crippen molar-refractivity contribution in [3.8, 4) is 0 Å². The van der Waals surface area contributed by atoms with E-state index in [1.807, 2.05) is 31.2 Å². The standard InChI is InChI=1S/C18H19NO/c1-2-13-7-4-12-19-17(13)18(20)16-10-8-15(9-11-16)14-5-3-6-14/h4,7-12,14H,2-3,5-6H2,1H3. The van der Waals surface area contributed by atoms with Gasteiger partial charge in [-0.1, -0.05) is 43.7 Å². The van der Waals surface area contributed by atoms with Crippen molar-refractivity contribution < 1.29 is 4.79 Å². The third-order valence-electron chi connectivity index (χ3n) is 4.24. The third kappa shape index (κ3) is 2.38. The Morgan fingerprint density at radius 1 is 1.20 bits per heavy atom. The Bertz CT molecular complexity index is 612. The molecule has 0 radical (unpaired) electrons. The quantitative estimate of drug-likeness (QED) is 0.778. The Morgan fingerprint density at radius 3 is 2.55 bits per heavy atom. The normalized spacial score (nSPS) is 14.8. The Kier molecular flexibility index (Phi) is 3.64. The van der Waals surface area contributed by atoms with E-state index in [4.69, 9.17) is 0 Å². The molecule has 0 N–H and O–H groups in total. The monoisotopic (exact) mass is 265 g/mol. The lowest BCUT2D eigenvalue weighted by Crippen LogP contribution is -2.10. The first-order valence-corrected chi connectivity index (χ1v) is 7.38. The summed E-state index contributed by atoms with van der Waals surface area (Å²) in [6.07, 6.45) is 6.42. The predicted molar refractivity (Wildman–Crippen MR) is 80.1 cm³/mol. The lowest BCUT2D eigenvalue weighted by Gasteiger charge is -2.25. The molecule has 0 saturated heterocycles. The highest BCUT2D eigenvalue weighted by Gasteiger charge is 2.20. The Labute approximate surface area is 119 Å². The second-order valence-electron chi connectivity index (χ2n) is 5.44. The molecule has 1 saturated carbocycles. The Morgan fingerprint density at radius 2 is 1.95 bits per heavy atom. The van der Waals surface area contributed by atoms with Gasteiger partial charge in [0.2, 0.25) is 5.78 Å². The smallest absolute Gasteiger partial charge is 0.211 e. The SMILES string of the molecule is CCc1cccnc1C(=O)c1ccc(C2CCC2)cc1. The average molecular weight is 265 g/mol. The van der Waals surface area contributed by atoms with E-state index >= 15 is 0 Å². The fourth-order valence-corrected chi connectivity index (χ4v) is 2.71. The summed E-state index contributed by atoms with van der Waals surface area (Å²) in [5.74, 6) is 0.739. The van der Waals surface area contributed by atoms with Gasteiger partial charge in [0, 0.05) is 11.8 Å². The molecule has 20 heavy (non-hydrogen) atoms. The van der Waals surface area contributed by atoms with Crippen molar-refractivity contribution in [3.63, 3.8) is 0 Å². The Hall–Kier alpha value is -1.96. The second kappa shape index (κ2) is 5.58. The summed E-state index contributed by atoms with van der Waals surface area (Å²) in [6, 6.07) is 12.0. The summed E-state index contributed by atoms with van der Waals surface area (Å²) >= 11 is 0. The van der Waals surface area contributed by atoms with Crippen LogP contribution in [0.2, 0.25) is 0 Å². The number of pyridine rings is 1. The van der Waals surface area contributed by atoms with Gasteiger partial charge < -0.3 is 0 Å². The van der Waals surface area contributed by atoms with Gasteiger partial charge in [0.1, 0.15) is 5.69 Å². The van der Waals surface area contributed by atoms with Crippen LogP contribution in [-0.4, -0.2) is 10.8 Å². The van der Waals surface area contributed by atoms with Crippen LogP contribution in [0.5, 0.6) is 0 Å². The number of aryl methyl sites for hydroxylation is 1. The molecule has 1 aromatic heterocycles. The molecule has 2 aromatic rings. The second-order valence-corrected chi connectivity index (χ2v) is 5.44. The molecule has 2 nitrogen and oxygen atoms in total. The van der Waals surface area contributed by atoms with Gasteiger partial charge in [0.05, 0.1) is 0 Å². The van der Waals surface area contributed by atoms with Gasteiger partial charge in [-0.25, -0.2) is 0 Å². The average Bonchev–Trinajstić information content (AvgIpc) is 2.45. The van der Waals surface area contributed by atoms with Crippen molar-refractivity contribution in [2.75, 3.05) is 0 Å². The number of benzene rings is 1. The molecule has 1 heterocycles. The van der Waals surface area contributed by atoms with Crippen LogP contribution in [0.25, 0.3) is 0 Å². The van der Waals surface area contributed by atoms with Crippen molar-refractivity contribution in [1.82, 2.24) is 4.98 Å². The largest absolute Gasteiger partial charge is 0.287 e. The van der Waals surface area contributed by atoms with E-state index in [-0.39, 0.29) is 5.78 Å². The number of carbonyl (C=O) groups excluding carboxylic acids is 1. The van der Waals surface area contributed by atoms with Gasteiger partial charge in [-0.15, -0.1) is 0 Å². The van der Waals surface area contributed by atoms with Gasteiger partial charge in [0.25, 0.3) is 0 Å². The van der Waals surface area contributed by atoms with Crippen LogP contribution in [0.4, 0.5) is 0 Å². The van der Waals surface area contributed by atoms with Crippen LogP contribution in [0.3, 0.4) is 0 Å². The molecule has 0 atom stereocenters. The summed E-state index contributed by atoms with van der Waals surface area (Å²) in [5, 5.41) is 0. The molecule has 0 unspecified atom stereocenters. The fraction of sp³-hybridized carbons (Fsp3) is 0.333. The molecule has 0 bridgehead atoms. The van der Waals surface area contributed by atoms with Gasteiger partial charge in [-0.3, -0.25) is 9.78 Å². The highest BCUT2D eigenvalue weighted by molar-refractivity contribution is 6.08. The van der Waals surface area contributed by atoms with Gasteiger partial charge >= 0.3 is 0 Å². The summed E-state index contributed by atoms with van der Waals surface area (Å²) in [7, 11) is 0. The lowest BCUT2D eigenvalue weighted by molar-refractivity contribution is 0.103. The molecular formula is C18H19NO. The maximum Gasteiger partial charge on any atom is 0.211 e. The molecule has 1 aromatic carbocycles.